The summed E-state index contributed by atoms with van der Waals surface area (Å²) in [6, 6.07) is 16.7. The molecule has 3 amide bonds. The van der Waals surface area contributed by atoms with Crippen LogP contribution in [0.5, 0.6) is 0 Å². The van der Waals surface area contributed by atoms with Gasteiger partial charge in [0.2, 0.25) is 11.8 Å². The lowest BCUT2D eigenvalue weighted by Gasteiger charge is -2.39. The number of fused-ring (bicyclic) bond motifs is 1. The maximum absolute atomic E-state index is 13.0. The van der Waals surface area contributed by atoms with Crippen molar-refractivity contribution >= 4 is 23.4 Å². The SMILES string of the molecule is CN(Cc1ccccc1)[C@H]1CCCC[C@@H]1Nc1ccc2c(c1)CN(C1CCC(=O)NC1=O)C2=O. The molecule has 3 atom stereocenters. The second kappa shape index (κ2) is 9.58. The molecule has 7 nitrogen and oxygen atoms in total. The van der Waals surface area contributed by atoms with Gasteiger partial charge in [0, 0.05) is 42.8 Å². The number of carbonyl (C=O) groups is 3. The zero-order valence-corrected chi connectivity index (χ0v) is 19.6. The Morgan fingerprint density at radius 2 is 1.82 bits per heavy atom. The third-order valence-corrected chi connectivity index (χ3v) is 7.45. The van der Waals surface area contributed by atoms with E-state index in [4.69, 9.17) is 0 Å². The van der Waals surface area contributed by atoms with Crippen molar-refractivity contribution in [2.45, 2.75) is 69.7 Å². The van der Waals surface area contributed by atoms with Crippen LogP contribution in [0.1, 0.15) is 60.0 Å². The molecule has 0 radical (unpaired) electrons. The fraction of sp³-hybridized carbons (Fsp3) is 0.444. The van der Waals surface area contributed by atoms with Gasteiger partial charge in [-0.3, -0.25) is 24.6 Å². The number of piperidine rings is 1. The normalized spacial score (nSPS) is 24.8. The van der Waals surface area contributed by atoms with Crippen LogP contribution in [0.4, 0.5) is 5.69 Å². The van der Waals surface area contributed by atoms with Gasteiger partial charge in [0.1, 0.15) is 6.04 Å². The number of rotatable bonds is 6. The van der Waals surface area contributed by atoms with E-state index in [2.05, 4.69) is 52.9 Å². The molecule has 1 saturated heterocycles. The van der Waals surface area contributed by atoms with Gasteiger partial charge in [0.15, 0.2) is 0 Å². The van der Waals surface area contributed by atoms with E-state index in [1.165, 1.54) is 18.4 Å². The van der Waals surface area contributed by atoms with E-state index >= 15 is 0 Å². The quantitative estimate of drug-likeness (QED) is 0.647. The van der Waals surface area contributed by atoms with E-state index in [-0.39, 0.29) is 24.1 Å². The summed E-state index contributed by atoms with van der Waals surface area (Å²) in [5.41, 5.74) is 3.92. The van der Waals surface area contributed by atoms with E-state index in [1.54, 1.807) is 4.90 Å². The predicted molar refractivity (Wildman–Crippen MR) is 130 cm³/mol. The molecular formula is C27H32N4O3. The Labute approximate surface area is 200 Å². The highest BCUT2D eigenvalue weighted by Crippen LogP contribution is 2.31. The molecule has 0 aromatic heterocycles. The van der Waals surface area contributed by atoms with Crippen LogP contribution in [0.15, 0.2) is 48.5 Å². The van der Waals surface area contributed by atoms with Gasteiger partial charge in [-0.05, 0) is 55.6 Å². The van der Waals surface area contributed by atoms with E-state index in [1.807, 2.05) is 18.2 Å². The molecule has 1 saturated carbocycles. The summed E-state index contributed by atoms with van der Waals surface area (Å²) < 4.78 is 0. The summed E-state index contributed by atoms with van der Waals surface area (Å²) in [7, 11) is 2.21. The molecule has 2 heterocycles. The van der Waals surface area contributed by atoms with Crippen LogP contribution in [0, 0.1) is 0 Å². The molecule has 2 aliphatic heterocycles. The fourth-order valence-electron chi connectivity index (χ4n) is 5.67. The Bertz CT molecular complexity index is 1090. The largest absolute Gasteiger partial charge is 0.381 e. The number of likely N-dealkylation sites (N-methyl/N-ethyl adjacent to an activating group) is 1. The summed E-state index contributed by atoms with van der Waals surface area (Å²) >= 11 is 0. The summed E-state index contributed by atoms with van der Waals surface area (Å²) in [5, 5.41) is 6.12. The van der Waals surface area contributed by atoms with Gasteiger partial charge in [0.05, 0.1) is 0 Å². The number of hydrogen-bond acceptors (Lipinski definition) is 5. The van der Waals surface area contributed by atoms with Crippen molar-refractivity contribution in [1.82, 2.24) is 15.1 Å². The molecule has 2 aromatic carbocycles. The standard InChI is InChI=1S/C27H32N4O3/c1-30(16-18-7-3-2-4-8-18)23-10-6-5-9-22(23)28-20-11-12-21-19(15-20)17-31(27(21)34)24-13-14-25(32)29-26(24)33/h2-4,7-8,11-12,15,22-24,28H,5-6,9-10,13-14,16-17H2,1H3,(H,29,32,33)/t22-,23-,24?/m0/s1. The van der Waals surface area contributed by atoms with Crippen LogP contribution in [-0.2, 0) is 22.7 Å². The third-order valence-electron chi connectivity index (χ3n) is 7.45. The van der Waals surface area contributed by atoms with Gasteiger partial charge in [0.25, 0.3) is 5.91 Å². The zero-order chi connectivity index (χ0) is 23.7. The number of imide groups is 1. The number of carbonyl (C=O) groups excluding carboxylic acids is 3. The van der Waals surface area contributed by atoms with Crippen LogP contribution < -0.4 is 10.6 Å². The molecule has 2 aromatic rings. The van der Waals surface area contributed by atoms with Crippen LogP contribution in [0.3, 0.4) is 0 Å². The van der Waals surface area contributed by atoms with Crippen LogP contribution in [0.2, 0.25) is 0 Å². The number of anilines is 1. The smallest absolute Gasteiger partial charge is 0.255 e. The predicted octanol–water partition coefficient (Wildman–Crippen LogP) is 3.30. The van der Waals surface area contributed by atoms with Crippen LogP contribution in [-0.4, -0.2) is 52.7 Å². The maximum atomic E-state index is 13.0. The Kier molecular flexibility index (Phi) is 6.37. The first-order valence-electron chi connectivity index (χ1n) is 12.3. The molecule has 1 unspecified atom stereocenters. The highest BCUT2D eigenvalue weighted by Gasteiger charge is 2.39. The van der Waals surface area contributed by atoms with Crippen LogP contribution >= 0.6 is 0 Å². The van der Waals surface area contributed by atoms with E-state index < -0.39 is 6.04 Å². The van der Waals surface area contributed by atoms with Crippen molar-refractivity contribution < 1.29 is 14.4 Å². The van der Waals surface area contributed by atoms with Gasteiger partial charge in [-0.1, -0.05) is 43.2 Å². The first-order valence-corrected chi connectivity index (χ1v) is 12.3. The Morgan fingerprint density at radius 3 is 2.62 bits per heavy atom. The average Bonchev–Trinajstić information content (AvgIpc) is 3.15. The molecule has 1 aliphatic carbocycles. The molecule has 34 heavy (non-hydrogen) atoms. The molecule has 0 spiro atoms. The molecular weight excluding hydrogens is 428 g/mol. The average molecular weight is 461 g/mol. The minimum absolute atomic E-state index is 0.130. The molecule has 178 valence electrons. The number of benzene rings is 2. The number of nitrogens with one attached hydrogen (secondary N) is 2. The Hall–Kier alpha value is -3.19. The van der Waals surface area contributed by atoms with E-state index in [9.17, 15) is 14.4 Å². The van der Waals surface area contributed by atoms with Crippen molar-refractivity contribution in [2.75, 3.05) is 12.4 Å². The van der Waals surface area contributed by atoms with Crippen molar-refractivity contribution in [3.8, 4) is 0 Å². The summed E-state index contributed by atoms with van der Waals surface area (Å²) in [6.45, 7) is 1.32. The Balaban J connectivity index is 1.28. The van der Waals surface area contributed by atoms with Crippen molar-refractivity contribution in [2.24, 2.45) is 0 Å². The lowest BCUT2D eigenvalue weighted by Crippen LogP contribution is -2.52. The first-order chi connectivity index (χ1) is 16.5. The van der Waals surface area contributed by atoms with Crippen molar-refractivity contribution in [3.63, 3.8) is 0 Å². The fourth-order valence-corrected chi connectivity index (χ4v) is 5.67. The summed E-state index contributed by atoms with van der Waals surface area (Å²) in [6.07, 6.45) is 5.37. The number of hydrogen-bond donors (Lipinski definition) is 2. The van der Waals surface area contributed by atoms with Crippen LogP contribution in [0.25, 0.3) is 0 Å². The van der Waals surface area contributed by atoms with Crippen molar-refractivity contribution in [3.05, 3.63) is 65.2 Å². The maximum Gasteiger partial charge on any atom is 0.255 e. The second-order valence-electron chi connectivity index (χ2n) is 9.78. The Morgan fingerprint density at radius 1 is 1.03 bits per heavy atom. The minimum Gasteiger partial charge on any atom is -0.381 e. The highest BCUT2D eigenvalue weighted by atomic mass is 16.2. The van der Waals surface area contributed by atoms with Crippen molar-refractivity contribution in [1.29, 1.82) is 0 Å². The van der Waals surface area contributed by atoms with Gasteiger partial charge in [-0.25, -0.2) is 0 Å². The molecule has 2 fully saturated rings. The summed E-state index contributed by atoms with van der Waals surface area (Å²) in [4.78, 5) is 40.8. The third kappa shape index (κ3) is 4.57. The summed E-state index contributed by atoms with van der Waals surface area (Å²) in [5.74, 6) is -0.771. The first kappa shape index (κ1) is 22.6. The highest BCUT2D eigenvalue weighted by molar-refractivity contribution is 6.05. The number of amides is 3. The van der Waals surface area contributed by atoms with Gasteiger partial charge in [-0.15, -0.1) is 0 Å². The lowest BCUT2D eigenvalue weighted by molar-refractivity contribution is -0.136. The van der Waals surface area contributed by atoms with E-state index in [0.717, 1.165) is 30.6 Å². The molecule has 3 aliphatic rings. The van der Waals surface area contributed by atoms with Gasteiger partial charge >= 0.3 is 0 Å². The topological polar surface area (TPSA) is 81.8 Å². The van der Waals surface area contributed by atoms with E-state index in [0.29, 0.717) is 30.6 Å². The van der Waals surface area contributed by atoms with Gasteiger partial charge in [-0.2, -0.15) is 0 Å². The molecule has 2 N–H and O–H groups in total. The molecule has 5 rings (SSSR count). The van der Waals surface area contributed by atoms with Gasteiger partial charge < -0.3 is 10.2 Å². The lowest BCUT2D eigenvalue weighted by atomic mass is 9.88. The number of nitrogens with zero attached hydrogens (tertiary/aromatic N) is 2. The second-order valence-corrected chi connectivity index (χ2v) is 9.78. The minimum atomic E-state index is -0.580. The molecule has 7 heteroatoms. The molecule has 0 bridgehead atoms. The zero-order valence-electron chi connectivity index (χ0n) is 19.6. The monoisotopic (exact) mass is 460 g/mol.